The Balaban J connectivity index is 1.93. The van der Waals surface area contributed by atoms with Gasteiger partial charge in [0.05, 0.1) is 11.8 Å². The lowest BCUT2D eigenvalue weighted by Crippen LogP contribution is -2.17. The highest BCUT2D eigenvalue weighted by molar-refractivity contribution is 6.31. The van der Waals surface area contributed by atoms with Crippen LogP contribution in [0.25, 0.3) is 0 Å². The van der Waals surface area contributed by atoms with E-state index in [-0.39, 0.29) is 5.56 Å². The first-order valence-corrected chi connectivity index (χ1v) is 6.94. The van der Waals surface area contributed by atoms with Gasteiger partial charge in [-0.25, -0.2) is 8.78 Å². The van der Waals surface area contributed by atoms with Gasteiger partial charge < -0.3 is 0 Å². The van der Waals surface area contributed by atoms with Gasteiger partial charge in [0.1, 0.15) is 11.6 Å². The Morgan fingerprint density at radius 3 is 2.48 bits per heavy atom. The topological polar surface area (TPSA) is 15.6 Å². The quantitative estimate of drug-likeness (QED) is 0.803. The monoisotopic (exact) mass is 306 g/mol. The van der Waals surface area contributed by atoms with Crippen LogP contribution in [0.5, 0.6) is 0 Å². The molecule has 2 nitrogen and oxygen atoms in total. The third kappa shape index (κ3) is 2.63. The first-order chi connectivity index (χ1) is 10.1. The molecule has 1 aliphatic rings. The molecule has 0 N–H and O–H groups in total. The van der Waals surface area contributed by atoms with Gasteiger partial charge in [0.25, 0.3) is 0 Å². The minimum Gasteiger partial charge on any atom is -0.292 e. The third-order valence-corrected chi connectivity index (χ3v) is 3.84. The molecule has 0 saturated heterocycles. The maximum Gasteiger partial charge on any atom is 0.131 e. The summed E-state index contributed by atoms with van der Waals surface area (Å²) in [6.45, 7) is 0. The van der Waals surface area contributed by atoms with Gasteiger partial charge in [0.2, 0.25) is 0 Å². The number of nitrogens with zero attached hydrogens (tertiary/aromatic N) is 2. The molecule has 1 unspecified atom stereocenters. The van der Waals surface area contributed by atoms with Crippen LogP contribution in [0.4, 0.5) is 8.78 Å². The summed E-state index contributed by atoms with van der Waals surface area (Å²) in [4.78, 5) is 0. The van der Waals surface area contributed by atoms with E-state index in [9.17, 15) is 8.78 Å². The van der Waals surface area contributed by atoms with E-state index in [0.29, 0.717) is 11.4 Å². The van der Waals surface area contributed by atoms with Crippen molar-refractivity contribution in [3.63, 3.8) is 0 Å². The van der Waals surface area contributed by atoms with E-state index in [2.05, 4.69) is 5.10 Å². The molecule has 2 aromatic carbocycles. The lowest BCUT2D eigenvalue weighted by molar-refractivity contribution is 0.276. The molecular weight excluding hydrogens is 294 g/mol. The maximum absolute atomic E-state index is 13.9. The van der Waals surface area contributed by atoms with Crippen LogP contribution < -0.4 is 0 Å². The minimum atomic E-state index is -0.547. The van der Waals surface area contributed by atoms with Gasteiger partial charge in [-0.3, -0.25) is 5.01 Å². The second kappa shape index (κ2) is 5.45. The lowest BCUT2D eigenvalue weighted by Gasteiger charge is -2.20. The van der Waals surface area contributed by atoms with Gasteiger partial charge in [-0.1, -0.05) is 29.8 Å². The van der Waals surface area contributed by atoms with Crippen molar-refractivity contribution in [1.82, 2.24) is 5.01 Å². The largest absolute Gasteiger partial charge is 0.292 e. The number of hydrogen-bond acceptors (Lipinski definition) is 2. The zero-order valence-corrected chi connectivity index (χ0v) is 12.1. The summed E-state index contributed by atoms with van der Waals surface area (Å²) in [7, 11) is 1.72. The number of benzene rings is 2. The highest BCUT2D eigenvalue weighted by atomic mass is 35.5. The van der Waals surface area contributed by atoms with Crippen molar-refractivity contribution in [2.24, 2.45) is 5.10 Å². The van der Waals surface area contributed by atoms with E-state index in [1.165, 1.54) is 18.2 Å². The molecule has 1 aliphatic heterocycles. The fourth-order valence-electron chi connectivity index (χ4n) is 2.58. The van der Waals surface area contributed by atoms with E-state index in [0.717, 1.165) is 11.3 Å². The summed E-state index contributed by atoms with van der Waals surface area (Å²) >= 11 is 5.97. The van der Waals surface area contributed by atoms with Gasteiger partial charge in [-0.05, 0) is 29.8 Å². The zero-order chi connectivity index (χ0) is 15.0. The molecule has 0 aliphatic carbocycles. The fraction of sp³-hybridized carbons (Fsp3) is 0.188. The second-order valence-corrected chi connectivity index (χ2v) is 5.42. The zero-order valence-electron chi connectivity index (χ0n) is 11.4. The molecule has 0 amide bonds. The van der Waals surface area contributed by atoms with Crippen molar-refractivity contribution in [3.05, 3.63) is 70.2 Å². The molecule has 21 heavy (non-hydrogen) atoms. The van der Waals surface area contributed by atoms with Crippen LogP contribution in [0.2, 0.25) is 5.02 Å². The average molecular weight is 307 g/mol. The van der Waals surface area contributed by atoms with Crippen LogP contribution in [0, 0.1) is 11.6 Å². The van der Waals surface area contributed by atoms with E-state index >= 15 is 0 Å². The highest BCUT2D eigenvalue weighted by Gasteiger charge is 2.30. The predicted molar refractivity (Wildman–Crippen MR) is 79.5 cm³/mol. The molecular formula is C16H13ClF2N2. The number of hydrazone groups is 1. The molecule has 108 valence electrons. The van der Waals surface area contributed by atoms with Crippen LogP contribution >= 0.6 is 11.6 Å². The van der Waals surface area contributed by atoms with E-state index in [1.807, 2.05) is 12.1 Å². The van der Waals surface area contributed by atoms with Crippen LogP contribution in [0.15, 0.2) is 47.6 Å². The minimum absolute atomic E-state index is 0.0563. The van der Waals surface area contributed by atoms with Gasteiger partial charge in [0.15, 0.2) is 0 Å². The maximum atomic E-state index is 13.9. The standard InChI is InChI=1S/C16H13ClF2N2/c1-21-15(16-12(18)6-3-7-13(16)19)9-14(20-21)10-4-2-5-11(17)8-10/h2-8,15H,9H2,1H3. The van der Waals surface area contributed by atoms with Crippen molar-refractivity contribution >= 4 is 17.3 Å². The summed E-state index contributed by atoms with van der Waals surface area (Å²) in [6.07, 6.45) is 0.439. The smallest absolute Gasteiger partial charge is 0.131 e. The van der Waals surface area contributed by atoms with Crippen molar-refractivity contribution in [2.75, 3.05) is 7.05 Å². The molecule has 0 fully saturated rings. The van der Waals surface area contributed by atoms with Crippen LogP contribution in [0.1, 0.15) is 23.6 Å². The average Bonchev–Trinajstić information content (AvgIpc) is 2.81. The SMILES string of the molecule is CN1N=C(c2cccc(Cl)c2)CC1c1c(F)cccc1F. The molecule has 5 heteroatoms. The van der Waals surface area contributed by atoms with Crippen molar-refractivity contribution in [1.29, 1.82) is 0 Å². The third-order valence-electron chi connectivity index (χ3n) is 3.61. The normalized spacial score (nSPS) is 18.0. The number of rotatable bonds is 2. The summed E-state index contributed by atoms with van der Waals surface area (Å²) in [5, 5.41) is 6.60. The molecule has 0 aromatic heterocycles. The molecule has 0 saturated carbocycles. The van der Waals surface area contributed by atoms with Gasteiger partial charge in [-0.2, -0.15) is 5.10 Å². The Morgan fingerprint density at radius 1 is 1.14 bits per heavy atom. The van der Waals surface area contributed by atoms with Crippen LogP contribution in [-0.4, -0.2) is 17.8 Å². The van der Waals surface area contributed by atoms with Gasteiger partial charge in [0, 0.05) is 24.1 Å². The fourth-order valence-corrected chi connectivity index (χ4v) is 2.77. The Hall–Kier alpha value is -1.94. The molecule has 1 atom stereocenters. The Morgan fingerprint density at radius 2 is 1.81 bits per heavy atom. The lowest BCUT2D eigenvalue weighted by atomic mass is 9.98. The van der Waals surface area contributed by atoms with E-state index < -0.39 is 17.7 Å². The van der Waals surface area contributed by atoms with E-state index in [1.54, 1.807) is 24.2 Å². The van der Waals surface area contributed by atoms with Crippen LogP contribution in [-0.2, 0) is 0 Å². The molecule has 0 radical (unpaired) electrons. The summed E-state index contributed by atoms with van der Waals surface area (Å²) in [5.74, 6) is -1.09. The molecule has 1 heterocycles. The number of hydrogen-bond donors (Lipinski definition) is 0. The van der Waals surface area contributed by atoms with E-state index in [4.69, 9.17) is 11.6 Å². The Kier molecular flexibility index (Phi) is 3.64. The molecule has 0 bridgehead atoms. The number of halogens is 3. The molecule has 3 rings (SSSR count). The van der Waals surface area contributed by atoms with Crippen molar-refractivity contribution in [2.45, 2.75) is 12.5 Å². The first kappa shape index (κ1) is 14.0. The summed E-state index contributed by atoms with van der Waals surface area (Å²) in [5.41, 5.74) is 1.70. The first-order valence-electron chi connectivity index (χ1n) is 6.56. The Labute approximate surface area is 126 Å². The molecule has 2 aromatic rings. The van der Waals surface area contributed by atoms with Gasteiger partial charge in [-0.15, -0.1) is 0 Å². The summed E-state index contributed by atoms with van der Waals surface area (Å²) < 4.78 is 27.9. The highest BCUT2D eigenvalue weighted by Crippen LogP contribution is 2.34. The summed E-state index contributed by atoms with van der Waals surface area (Å²) in [6, 6.07) is 10.7. The van der Waals surface area contributed by atoms with Crippen molar-refractivity contribution in [3.8, 4) is 0 Å². The molecule has 0 spiro atoms. The Bertz CT molecular complexity index is 695. The van der Waals surface area contributed by atoms with Gasteiger partial charge >= 0.3 is 0 Å². The second-order valence-electron chi connectivity index (χ2n) is 4.99. The predicted octanol–water partition coefficient (Wildman–Crippen LogP) is 4.40. The van der Waals surface area contributed by atoms with Crippen LogP contribution in [0.3, 0.4) is 0 Å². The van der Waals surface area contributed by atoms with Crippen molar-refractivity contribution < 1.29 is 8.78 Å².